The molecule has 1 saturated carbocycles. The van der Waals surface area contributed by atoms with Crippen molar-refractivity contribution in [3.63, 3.8) is 0 Å². The molecule has 0 aromatic heterocycles. The normalized spacial score (nSPS) is 23.4. The van der Waals surface area contributed by atoms with Crippen LogP contribution < -0.4 is 5.32 Å². The Labute approximate surface area is 179 Å². The van der Waals surface area contributed by atoms with E-state index < -0.39 is 16.0 Å². The van der Waals surface area contributed by atoms with Gasteiger partial charge in [-0.3, -0.25) is 4.79 Å². The van der Waals surface area contributed by atoms with Crippen LogP contribution in [-0.4, -0.2) is 50.3 Å². The summed E-state index contributed by atoms with van der Waals surface area (Å²) in [6.07, 6.45) is 8.16. The van der Waals surface area contributed by atoms with E-state index >= 15 is 0 Å². The Bertz CT molecular complexity index is 830. The Morgan fingerprint density at radius 1 is 1.00 bits per heavy atom. The number of hydrogen-bond donors (Lipinski definition) is 1. The van der Waals surface area contributed by atoms with Crippen molar-refractivity contribution in [2.75, 3.05) is 19.7 Å². The van der Waals surface area contributed by atoms with Crippen LogP contribution in [0.5, 0.6) is 0 Å². The number of carbonyl (C=O) groups excluding carboxylic acids is 2. The van der Waals surface area contributed by atoms with Crippen LogP contribution in [0.15, 0.2) is 29.2 Å². The Morgan fingerprint density at radius 3 is 2.27 bits per heavy atom. The van der Waals surface area contributed by atoms with Gasteiger partial charge in [0.05, 0.1) is 10.5 Å². The Kier molecular flexibility index (Phi) is 7.88. The van der Waals surface area contributed by atoms with Gasteiger partial charge in [0.15, 0.2) is 6.61 Å². The van der Waals surface area contributed by atoms with Gasteiger partial charge in [-0.1, -0.05) is 32.6 Å². The third-order valence-electron chi connectivity index (χ3n) is 6.09. The summed E-state index contributed by atoms with van der Waals surface area (Å²) in [6.45, 7) is 2.84. The van der Waals surface area contributed by atoms with E-state index in [0.29, 0.717) is 19.0 Å². The SMILES string of the molecule is C[C@H]1CCCC[C@@H]1NC(=O)COC(=O)c1ccc(S(=O)(=O)N2CCCCCC2)cc1. The predicted octanol–water partition coefficient (Wildman–Crippen LogP) is 3.10. The Balaban J connectivity index is 1.53. The number of amides is 1. The predicted molar refractivity (Wildman–Crippen MR) is 114 cm³/mol. The maximum atomic E-state index is 12.8. The molecule has 166 valence electrons. The summed E-state index contributed by atoms with van der Waals surface area (Å²) in [5, 5.41) is 2.94. The van der Waals surface area contributed by atoms with Crippen LogP contribution in [0.4, 0.5) is 0 Å². The second kappa shape index (κ2) is 10.4. The highest BCUT2D eigenvalue weighted by molar-refractivity contribution is 7.89. The molecule has 1 amide bonds. The number of sulfonamides is 1. The van der Waals surface area contributed by atoms with Crippen molar-refractivity contribution in [2.24, 2.45) is 5.92 Å². The molecule has 0 radical (unpaired) electrons. The van der Waals surface area contributed by atoms with E-state index in [1.807, 2.05) is 0 Å². The summed E-state index contributed by atoms with van der Waals surface area (Å²) in [4.78, 5) is 24.5. The third kappa shape index (κ3) is 5.82. The minimum atomic E-state index is -3.56. The highest BCUT2D eigenvalue weighted by Gasteiger charge is 2.26. The lowest BCUT2D eigenvalue weighted by Crippen LogP contribution is -2.42. The summed E-state index contributed by atoms with van der Waals surface area (Å²) in [6, 6.07) is 5.87. The molecule has 3 rings (SSSR count). The van der Waals surface area contributed by atoms with E-state index in [0.717, 1.165) is 44.9 Å². The summed E-state index contributed by atoms with van der Waals surface area (Å²) in [5.74, 6) is -0.514. The molecule has 7 nitrogen and oxygen atoms in total. The van der Waals surface area contributed by atoms with Gasteiger partial charge >= 0.3 is 5.97 Å². The van der Waals surface area contributed by atoms with Gasteiger partial charge in [-0.25, -0.2) is 13.2 Å². The number of nitrogens with one attached hydrogen (secondary N) is 1. The number of carbonyl (C=O) groups is 2. The molecule has 1 saturated heterocycles. The number of esters is 1. The molecule has 30 heavy (non-hydrogen) atoms. The lowest BCUT2D eigenvalue weighted by Gasteiger charge is -2.29. The largest absolute Gasteiger partial charge is 0.452 e. The van der Waals surface area contributed by atoms with Crippen LogP contribution >= 0.6 is 0 Å². The van der Waals surface area contributed by atoms with Crippen LogP contribution in [0.1, 0.15) is 68.6 Å². The van der Waals surface area contributed by atoms with Gasteiger partial charge < -0.3 is 10.1 Å². The molecule has 2 atom stereocenters. The molecule has 1 aliphatic carbocycles. The highest BCUT2D eigenvalue weighted by Crippen LogP contribution is 2.24. The first-order valence-electron chi connectivity index (χ1n) is 10.9. The van der Waals surface area contributed by atoms with Crippen molar-refractivity contribution < 1.29 is 22.7 Å². The van der Waals surface area contributed by atoms with Gasteiger partial charge in [-0.2, -0.15) is 4.31 Å². The smallest absolute Gasteiger partial charge is 0.338 e. The van der Waals surface area contributed by atoms with E-state index in [1.165, 1.54) is 35.0 Å². The fourth-order valence-corrected chi connectivity index (χ4v) is 5.70. The molecule has 2 aliphatic rings. The average Bonchev–Trinajstić information content (AvgIpc) is 3.04. The molecule has 2 fully saturated rings. The fraction of sp³-hybridized carbons (Fsp3) is 0.636. The van der Waals surface area contributed by atoms with Gasteiger partial charge in [0.1, 0.15) is 0 Å². The van der Waals surface area contributed by atoms with E-state index in [9.17, 15) is 18.0 Å². The minimum absolute atomic E-state index is 0.133. The van der Waals surface area contributed by atoms with E-state index in [2.05, 4.69) is 12.2 Å². The molecular formula is C22H32N2O5S. The van der Waals surface area contributed by atoms with Gasteiger partial charge in [-0.15, -0.1) is 0 Å². The zero-order chi connectivity index (χ0) is 21.6. The number of hydrogen-bond acceptors (Lipinski definition) is 5. The van der Waals surface area contributed by atoms with Crippen LogP contribution in [0.2, 0.25) is 0 Å². The van der Waals surface area contributed by atoms with Crippen molar-refractivity contribution in [3.8, 4) is 0 Å². The van der Waals surface area contributed by atoms with Crippen LogP contribution in [-0.2, 0) is 19.6 Å². The molecule has 0 unspecified atom stereocenters. The highest BCUT2D eigenvalue weighted by atomic mass is 32.2. The molecule has 1 aromatic rings. The lowest BCUT2D eigenvalue weighted by atomic mass is 9.86. The molecule has 1 heterocycles. The van der Waals surface area contributed by atoms with E-state index in [-0.39, 0.29) is 29.0 Å². The Morgan fingerprint density at radius 2 is 1.63 bits per heavy atom. The first kappa shape index (κ1) is 22.7. The first-order valence-corrected chi connectivity index (χ1v) is 12.4. The lowest BCUT2D eigenvalue weighted by molar-refractivity contribution is -0.125. The van der Waals surface area contributed by atoms with Gasteiger partial charge in [-0.05, 0) is 55.9 Å². The van der Waals surface area contributed by atoms with Crippen molar-refractivity contribution in [2.45, 2.75) is 69.2 Å². The molecule has 1 aromatic carbocycles. The third-order valence-corrected chi connectivity index (χ3v) is 8.00. The van der Waals surface area contributed by atoms with Crippen LogP contribution in [0.25, 0.3) is 0 Å². The topological polar surface area (TPSA) is 92.8 Å². The summed E-state index contributed by atoms with van der Waals surface area (Å²) >= 11 is 0. The van der Waals surface area contributed by atoms with Crippen LogP contribution in [0, 0.1) is 5.92 Å². The molecule has 1 N–H and O–H groups in total. The van der Waals surface area contributed by atoms with E-state index in [4.69, 9.17) is 4.74 Å². The standard InChI is InChI=1S/C22H32N2O5S/c1-17-8-4-5-9-20(17)23-21(25)16-29-22(26)18-10-12-19(13-11-18)30(27,28)24-14-6-2-3-7-15-24/h10-13,17,20H,2-9,14-16H2,1H3,(H,23,25)/t17-,20-/m0/s1. The summed E-state index contributed by atoms with van der Waals surface area (Å²) < 4.78 is 32.2. The molecule has 0 bridgehead atoms. The molecule has 0 spiro atoms. The van der Waals surface area contributed by atoms with Crippen molar-refractivity contribution >= 4 is 21.9 Å². The second-order valence-corrected chi connectivity index (χ2v) is 10.3. The maximum Gasteiger partial charge on any atom is 0.338 e. The number of rotatable bonds is 6. The number of benzene rings is 1. The molecule has 8 heteroatoms. The van der Waals surface area contributed by atoms with Crippen molar-refractivity contribution in [3.05, 3.63) is 29.8 Å². The molecular weight excluding hydrogens is 404 g/mol. The van der Waals surface area contributed by atoms with Gasteiger partial charge in [0, 0.05) is 19.1 Å². The van der Waals surface area contributed by atoms with Crippen LogP contribution in [0.3, 0.4) is 0 Å². The zero-order valence-electron chi connectivity index (χ0n) is 17.6. The molecule has 1 aliphatic heterocycles. The Hall–Kier alpha value is -1.93. The zero-order valence-corrected chi connectivity index (χ0v) is 18.5. The second-order valence-electron chi connectivity index (χ2n) is 8.35. The number of nitrogens with zero attached hydrogens (tertiary/aromatic N) is 1. The summed E-state index contributed by atoms with van der Waals surface area (Å²) in [7, 11) is -3.56. The summed E-state index contributed by atoms with van der Waals surface area (Å²) in [5.41, 5.74) is 0.226. The first-order chi connectivity index (χ1) is 14.4. The monoisotopic (exact) mass is 436 g/mol. The minimum Gasteiger partial charge on any atom is -0.452 e. The quantitative estimate of drug-likeness (QED) is 0.692. The average molecular weight is 437 g/mol. The van der Waals surface area contributed by atoms with Crippen molar-refractivity contribution in [1.82, 2.24) is 9.62 Å². The van der Waals surface area contributed by atoms with Gasteiger partial charge in [0.25, 0.3) is 5.91 Å². The van der Waals surface area contributed by atoms with E-state index in [1.54, 1.807) is 0 Å². The van der Waals surface area contributed by atoms with Gasteiger partial charge in [0.2, 0.25) is 10.0 Å². The number of ether oxygens (including phenoxy) is 1. The van der Waals surface area contributed by atoms with Crippen molar-refractivity contribution in [1.29, 1.82) is 0 Å². The maximum absolute atomic E-state index is 12.8. The fourth-order valence-electron chi connectivity index (χ4n) is 4.19.